The Hall–Kier alpha value is -0.630. The highest BCUT2D eigenvalue weighted by Gasteiger charge is 2.31. The molecule has 1 N–H and O–H groups in total. The maximum Gasteiger partial charge on any atom is 0.243 e. The standard InChI is InChI=1S/C12H17BrN2O3S/c1-9-8-14-5-6-15(9)19(16,17)10-3-4-12(18-2)11(13)7-10/h3-4,7,9,14H,5-6,8H2,1-2H3/t9-/m0/s1. The summed E-state index contributed by atoms with van der Waals surface area (Å²) in [5, 5.41) is 3.18. The number of piperazine rings is 1. The van der Waals surface area contributed by atoms with Gasteiger partial charge in [0.25, 0.3) is 0 Å². The van der Waals surface area contributed by atoms with Crippen molar-refractivity contribution in [1.29, 1.82) is 0 Å². The number of nitrogens with one attached hydrogen (secondary N) is 1. The van der Waals surface area contributed by atoms with Crippen molar-refractivity contribution < 1.29 is 13.2 Å². The molecule has 1 aromatic carbocycles. The fourth-order valence-electron chi connectivity index (χ4n) is 2.12. The highest BCUT2D eigenvalue weighted by molar-refractivity contribution is 9.10. The highest BCUT2D eigenvalue weighted by Crippen LogP contribution is 2.29. The zero-order chi connectivity index (χ0) is 14.0. The van der Waals surface area contributed by atoms with Crippen LogP contribution in [0.5, 0.6) is 5.75 Å². The third-order valence-corrected chi connectivity index (χ3v) is 5.80. The summed E-state index contributed by atoms with van der Waals surface area (Å²) < 4.78 is 32.5. The quantitative estimate of drug-likeness (QED) is 0.897. The molecule has 2 rings (SSSR count). The first-order valence-corrected chi connectivity index (χ1v) is 8.26. The van der Waals surface area contributed by atoms with Gasteiger partial charge in [-0.25, -0.2) is 8.42 Å². The summed E-state index contributed by atoms with van der Waals surface area (Å²) in [7, 11) is -1.90. The van der Waals surface area contributed by atoms with Gasteiger partial charge in [0, 0.05) is 25.7 Å². The zero-order valence-electron chi connectivity index (χ0n) is 10.9. The first-order valence-electron chi connectivity index (χ1n) is 6.03. The summed E-state index contributed by atoms with van der Waals surface area (Å²) in [6, 6.07) is 4.78. The van der Waals surface area contributed by atoms with Crippen LogP contribution in [-0.4, -0.2) is 45.5 Å². The summed E-state index contributed by atoms with van der Waals surface area (Å²) in [5.74, 6) is 0.618. The van der Waals surface area contributed by atoms with Gasteiger partial charge in [-0.3, -0.25) is 0 Å². The fraction of sp³-hybridized carbons (Fsp3) is 0.500. The molecule has 1 saturated heterocycles. The van der Waals surface area contributed by atoms with Crippen molar-refractivity contribution >= 4 is 26.0 Å². The van der Waals surface area contributed by atoms with Crippen LogP contribution in [0.1, 0.15) is 6.92 Å². The molecule has 0 saturated carbocycles. The van der Waals surface area contributed by atoms with Crippen LogP contribution in [0, 0.1) is 0 Å². The molecule has 1 aliphatic heterocycles. The van der Waals surface area contributed by atoms with Crippen molar-refractivity contribution in [3.63, 3.8) is 0 Å². The molecule has 0 bridgehead atoms. The third kappa shape index (κ3) is 2.94. The number of halogens is 1. The molecule has 106 valence electrons. The minimum Gasteiger partial charge on any atom is -0.496 e. The van der Waals surface area contributed by atoms with E-state index in [2.05, 4.69) is 21.2 Å². The highest BCUT2D eigenvalue weighted by atomic mass is 79.9. The lowest BCUT2D eigenvalue weighted by Crippen LogP contribution is -2.52. The zero-order valence-corrected chi connectivity index (χ0v) is 13.3. The lowest BCUT2D eigenvalue weighted by Gasteiger charge is -2.32. The van der Waals surface area contributed by atoms with Gasteiger partial charge in [0.2, 0.25) is 10.0 Å². The Balaban J connectivity index is 2.36. The van der Waals surface area contributed by atoms with E-state index in [0.29, 0.717) is 29.9 Å². The van der Waals surface area contributed by atoms with Crippen LogP contribution in [0.2, 0.25) is 0 Å². The predicted molar refractivity (Wildman–Crippen MR) is 76.9 cm³/mol. The number of hydrogen-bond acceptors (Lipinski definition) is 4. The molecule has 0 aliphatic carbocycles. The van der Waals surface area contributed by atoms with Crippen LogP contribution in [0.25, 0.3) is 0 Å². The SMILES string of the molecule is COc1ccc(S(=O)(=O)N2CCNC[C@@H]2C)cc1Br. The smallest absolute Gasteiger partial charge is 0.243 e. The van der Waals surface area contributed by atoms with Crippen molar-refractivity contribution in [2.45, 2.75) is 17.9 Å². The lowest BCUT2D eigenvalue weighted by atomic mass is 10.3. The average Bonchev–Trinajstić information content (AvgIpc) is 2.39. The van der Waals surface area contributed by atoms with Gasteiger partial charge in [-0.1, -0.05) is 0 Å². The first kappa shape index (κ1) is 14.8. The average molecular weight is 349 g/mol. The van der Waals surface area contributed by atoms with Crippen LogP contribution in [0.3, 0.4) is 0 Å². The number of rotatable bonds is 3. The Labute approximate surface area is 122 Å². The van der Waals surface area contributed by atoms with E-state index in [0.717, 1.165) is 0 Å². The van der Waals surface area contributed by atoms with Gasteiger partial charge in [-0.05, 0) is 41.1 Å². The van der Waals surface area contributed by atoms with Gasteiger partial charge in [0.05, 0.1) is 16.5 Å². The van der Waals surface area contributed by atoms with Crippen LogP contribution in [0.4, 0.5) is 0 Å². The van der Waals surface area contributed by atoms with E-state index in [1.807, 2.05) is 6.92 Å². The van der Waals surface area contributed by atoms with Crippen molar-refractivity contribution in [2.75, 3.05) is 26.7 Å². The number of benzene rings is 1. The van der Waals surface area contributed by atoms with Gasteiger partial charge in [0.15, 0.2) is 0 Å². The van der Waals surface area contributed by atoms with Crippen LogP contribution in [0.15, 0.2) is 27.6 Å². The van der Waals surface area contributed by atoms with Gasteiger partial charge >= 0.3 is 0 Å². The second kappa shape index (κ2) is 5.78. The number of sulfonamides is 1. The molecule has 5 nitrogen and oxygen atoms in total. The molecule has 7 heteroatoms. The van der Waals surface area contributed by atoms with Gasteiger partial charge in [-0.2, -0.15) is 4.31 Å². The second-order valence-electron chi connectivity index (χ2n) is 4.47. The summed E-state index contributed by atoms with van der Waals surface area (Å²) >= 11 is 3.32. The van der Waals surface area contributed by atoms with E-state index < -0.39 is 10.0 Å². The molecule has 1 aliphatic rings. The third-order valence-electron chi connectivity index (χ3n) is 3.17. The van der Waals surface area contributed by atoms with E-state index >= 15 is 0 Å². The van der Waals surface area contributed by atoms with Gasteiger partial charge in [0.1, 0.15) is 5.75 Å². The molecule has 1 fully saturated rings. The largest absolute Gasteiger partial charge is 0.496 e. The van der Waals surface area contributed by atoms with Crippen molar-refractivity contribution in [1.82, 2.24) is 9.62 Å². The van der Waals surface area contributed by atoms with Crippen molar-refractivity contribution in [3.8, 4) is 5.75 Å². The van der Waals surface area contributed by atoms with E-state index in [-0.39, 0.29) is 10.9 Å². The van der Waals surface area contributed by atoms with E-state index in [1.54, 1.807) is 25.3 Å². The Morgan fingerprint density at radius 1 is 1.47 bits per heavy atom. The maximum absolute atomic E-state index is 12.6. The summed E-state index contributed by atoms with van der Waals surface area (Å²) in [4.78, 5) is 0.286. The number of hydrogen-bond donors (Lipinski definition) is 1. The van der Waals surface area contributed by atoms with Gasteiger partial charge < -0.3 is 10.1 Å². The lowest BCUT2D eigenvalue weighted by molar-refractivity contribution is 0.284. The number of ether oxygens (including phenoxy) is 1. The molecule has 0 spiro atoms. The normalized spacial score (nSPS) is 21.3. The molecule has 0 amide bonds. The molecule has 0 aromatic heterocycles. The van der Waals surface area contributed by atoms with Crippen molar-refractivity contribution in [2.24, 2.45) is 0 Å². The molecule has 1 atom stereocenters. The van der Waals surface area contributed by atoms with E-state index in [1.165, 1.54) is 4.31 Å². The maximum atomic E-state index is 12.6. The van der Waals surface area contributed by atoms with Gasteiger partial charge in [-0.15, -0.1) is 0 Å². The fourth-order valence-corrected chi connectivity index (χ4v) is 4.47. The summed E-state index contributed by atoms with van der Waals surface area (Å²) in [5.41, 5.74) is 0. The molecular weight excluding hydrogens is 332 g/mol. The van der Waals surface area contributed by atoms with Crippen LogP contribution >= 0.6 is 15.9 Å². The summed E-state index contributed by atoms with van der Waals surface area (Å²) in [6.45, 7) is 3.76. The Morgan fingerprint density at radius 3 is 2.79 bits per heavy atom. The summed E-state index contributed by atoms with van der Waals surface area (Å²) in [6.07, 6.45) is 0. The predicted octanol–water partition coefficient (Wildman–Crippen LogP) is 1.44. The first-order chi connectivity index (χ1) is 8.96. The van der Waals surface area contributed by atoms with Crippen molar-refractivity contribution in [3.05, 3.63) is 22.7 Å². The Bertz CT molecular complexity index is 562. The molecule has 1 heterocycles. The monoisotopic (exact) mass is 348 g/mol. The molecule has 1 aromatic rings. The molecule has 0 unspecified atom stereocenters. The van der Waals surface area contributed by atoms with E-state index in [9.17, 15) is 8.42 Å². The van der Waals surface area contributed by atoms with E-state index in [4.69, 9.17) is 4.74 Å². The number of methoxy groups -OCH3 is 1. The second-order valence-corrected chi connectivity index (χ2v) is 7.21. The Kier molecular flexibility index (Phi) is 4.50. The molecule has 0 radical (unpaired) electrons. The molecule has 19 heavy (non-hydrogen) atoms. The minimum atomic E-state index is -3.45. The van der Waals surface area contributed by atoms with Crippen LogP contribution in [-0.2, 0) is 10.0 Å². The minimum absolute atomic E-state index is 0.0420. The topological polar surface area (TPSA) is 58.6 Å². The van der Waals surface area contributed by atoms with Crippen LogP contribution < -0.4 is 10.1 Å². The Morgan fingerprint density at radius 2 is 2.21 bits per heavy atom. The molecular formula is C12H17BrN2O3S. The number of nitrogens with zero attached hydrogens (tertiary/aromatic N) is 1.